The number of aryl methyl sites for hydroxylation is 1. The van der Waals surface area contributed by atoms with Gasteiger partial charge in [0.1, 0.15) is 5.60 Å². The molecule has 0 saturated heterocycles. The van der Waals surface area contributed by atoms with E-state index in [0.717, 1.165) is 10.9 Å². The number of hydrogen-bond acceptors (Lipinski definition) is 5. The lowest BCUT2D eigenvalue weighted by Gasteiger charge is -2.22. The predicted molar refractivity (Wildman–Crippen MR) is 101 cm³/mol. The Bertz CT molecular complexity index is 834. The van der Waals surface area contributed by atoms with Crippen LogP contribution in [-0.4, -0.2) is 41.2 Å². The number of ether oxygens (including phenoxy) is 1. The van der Waals surface area contributed by atoms with Crippen LogP contribution in [0.4, 0.5) is 5.69 Å². The van der Waals surface area contributed by atoms with E-state index in [4.69, 9.17) is 10.5 Å². The largest absolute Gasteiger partial charge is 0.459 e. The van der Waals surface area contributed by atoms with Crippen molar-refractivity contribution < 1.29 is 9.53 Å². The van der Waals surface area contributed by atoms with Crippen molar-refractivity contribution in [1.29, 1.82) is 0 Å². The van der Waals surface area contributed by atoms with Gasteiger partial charge in [0.05, 0.1) is 6.54 Å². The van der Waals surface area contributed by atoms with Crippen molar-refractivity contribution in [3.05, 3.63) is 40.3 Å². The Kier molecular flexibility index (Phi) is 5.52. The molecule has 2 N–H and O–H groups in total. The zero-order chi connectivity index (χ0) is 18.8. The van der Waals surface area contributed by atoms with Crippen LogP contribution in [0, 0.1) is 6.92 Å². The third-order valence-corrected chi connectivity index (χ3v) is 3.96. The van der Waals surface area contributed by atoms with Gasteiger partial charge in [-0.1, -0.05) is 6.07 Å². The molecule has 1 heterocycles. The lowest BCUT2D eigenvalue weighted by molar-refractivity contribution is -0.155. The number of pyridine rings is 1. The zero-order valence-electron chi connectivity index (χ0n) is 15.6. The van der Waals surface area contributed by atoms with Crippen LogP contribution in [0.2, 0.25) is 0 Å². The van der Waals surface area contributed by atoms with Crippen molar-refractivity contribution in [2.75, 3.05) is 25.9 Å². The van der Waals surface area contributed by atoms with Crippen LogP contribution in [0.3, 0.4) is 0 Å². The van der Waals surface area contributed by atoms with Gasteiger partial charge in [0.15, 0.2) is 0 Å². The number of carbonyl (C=O) groups is 1. The first-order valence-corrected chi connectivity index (χ1v) is 8.37. The number of nitrogens with zero attached hydrogens (tertiary/aromatic N) is 2. The van der Waals surface area contributed by atoms with Crippen LogP contribution in [0.1, 0.15) is 26.3 Å². The minimum Gasteiger partial charge on any atom is -0.459 e. The summed E-state index contributed by atoms with van der Waals surface area (Å²) in [6, 6.07) is 5.54. The number of benzene rings is 1. The van der Waals surface area contributed by atoms with Crippen LogP contribution < -0.4 is 11.3 Å². The Balaban J connectivity index is 2.06. The molecule has 136 valence electrons. The maximum Gasteiger partial charge on any atom is 0.320 e. The number of carbonyl (C=O) groups excluding carboxylic acids is 1. The fraction of sp³-hybridized carbons (Fsp3) is 0.474. The van der Waals surface area contributed by atoms with Gasteiger partial charge in [0.2, 0.25) is 0 Å². The van der Waals surface area contributed by atoms with Crippen LogP contribution in [-0.2, 0) is 16.1 Å². The van der Waals surface area contributed by atoms with E-state index in [1.807, 2.05) is 57.8 Å². The van der Waals surface area contributed by atoms with Gasteiger partial charge in [-0.2, -0.15) is 0 Å². The first-order chi connectivity index (χ1) is 11.6. The van der Waals surface area contributed by atoms with Gasteiger partial charge in [0, 0.05) is 35.7 Å². The zero-order valence-corrected chi connectivity index (χ0v) is 15.6. The van der Waals surface area contributed by atoms with Gasteiger partial charge in [-0.05, 0) is 52.4 Å². The molecule has 6 heteroatoms. The first-order valence-electron chi connectivity index (χ1n) is 8.37. The van der Waals surface area contributed by atoms with E-state index in [1.165, 1.54) is 0 Å². The first kappa shape index (κ1) is 19.0. The van der Waals surface area contributed by atoms with Crippen LogP contribution in [0.15, 0.2) is 29.2 Å². The second-order valence-electron chi connectivity index (χ2n) is 7.40. The van der Waals surface area contributed by atoms with E-state index in [0.29, 0.717) is 24.2 Å². The third kappa shape index (κ3) is 4.82. The highest BCUT2D eigenvalue weighted by Crippen LogP contribution is 2.21. The molecule has 0 aliphatic rings. The number of anilines is 1. The number of aromatic nitrogens is 1. The maximum absolute atomic E-state index is 12.6. The average molecular weight is 345 g/mol. The fourth-order valence-corrected chi connectivity index (χ4v) is 2.63. The number of nitrogens with two attached hydrogens (primary N) is 1. The molecule has 6 nitrogen and oxygen atoms in total. The maximum atomic E-state index is 12.6. The lowest BCUT2D eigenvalue weighted by Crippen LogP contribution is -2.35. The minimum absolute atomic E-state index is 0.0742. The molecule has 0 radical (unpaired) electrons. The van der Waals surface area contributed by atoms with Crippen molar-refractivity contribution in [2.45, 2.75) is 39.8 Å². The second kappa shape index (κ2) is 7.27. The Morgan fingerprint density at radius 2 is 1.92 bits per heavy atom. The summed E-state index contributed by atoms with van der Waals surface area (Å²) in [5.74, 6) is -0.274. The molecule has 2 rings (SSSR count). The molecule has 0 spiro atoms. The van der Waals surface area contributed by atoms with Gasteiger partial charge in [-0.3, -0.25) is 14.5 Å². The summed E-state index contributed by atoms with van der Waals surface area (Å²) >= 11 is 0. The van der Waals surface area contributed by atoms with Gasteiger partial charge < -0.3 is 15.0 Å². The molecule has 0 saturated carbocycles. The summed E-state index contributed by atoms with van der Waals surface area (Å²) in [5.41, 5.74) is 7.09. The minimum atomic E-state index is -0.495. The summed E-state index contributed by atoms with van der Waals surface area (Å²) in [6.45, 7) is 8.68. The number of fused-ring (bicyclic) bond motifs is 1. The smallest absolute Gasteiger partial charge is 0.320 e. The van der Waals surface area contributed by atoms with Crippen molar-refractivity contribution in [3.8, 4) is 0 Å². The van der Waals surface area contributed by atoms with E-state index in [-0.39, 0.29) is 18.1 Å². The molecule has 0 aliphatic heterocycles. The Morgan fingerprint density at radius 1 is 1.24 bits per heavy atom. The van der Waals surface area contributed by atoms with Crippen molar-refractivity contribution >= 4 is 22.4 Å². The molecular weight excluding hydrogens is 318 g/mol. The molecule has 0 amide bonds. The van der Waals surface area contributed by atoms with Gasteiger partial charge in [-0.15, -0.1) is 0 Å². The van der Waals surface area contributed by atoms with Crippen LogP contribution in [0.25, 0.3) is 10.8 Å². The summed E-state index contributed by atoms with van der Waals surface area (Å²) in [5, 5.41) is 1.39. The average Bonchev–Trinajstić information content (AvgIpc) is 2.48. The van der Waals surface area contributed by atoms with Crippen LogP contribution >= 0.6 is 0 Å². The van der Waals surface area contributed by atoms with Crippen molar-refractivity contribution in [2.24, 2.45) is 0 Å². The lowest BCUT2D eigenvalue weighted by atomic mass is 10.1. The number of hydrogen-bond donors (Lipinski definition) is 1. The van der Waals surface area contributed by atoms with E-state index >= 15 is 0 Å². The molecule has 2 aromatic rings. The Hall–Kier alpha value is -2.34. The van der Waals surface area contributed by atoms with E-state index in [1.54, 1.807) is 10.8 Å². The fourth-order valence-electron chi connectivity index (χ4n) is 2.63. The molecule has 0 atom stereocenters. The van der Waals surface area contributed by atoms with Crippen LogP contribution in [0.5, 0.6) is 0 Å². The standard InChI is InChI=1S/C19H27N3O3/c1-13-6-7-15-14(17(13)20)8-9-22(18(15)24)11-10-21(5)12-16(23)25-19(2,3)4/h6-9H,10-12,20H2,1-5H3. The Morgan fingerprint density at radius 3 is 2.56 bits per heavy atom. The summed E-state index contributed by atoms with van der Waals surface area (Å²) in [7, 11) is 1.83. The summed E-state index contributed by atoms with van der Waals surface area (Å²) in [4.78, 5) is 26.3. The summed E-state index contributed by atoms with van der Waals surface area (Å²) < 4.78 is 6.94. The highest BCUT2D eigenvalue weighted by Gasteiger charge is 2.17. The van der Waals surface area contributed by atoms with Gasteiger partial charge in [-0.25, -0.2) is 0 Å². The van der Waals surface area contributed by atoms with Gasteiger partial charge >= 0.3 is 5.97 Å². The van der Waals surface area contributed by atoms with Crippen molar-refractivity contribution in [3.63, 3.8) is 0 Å². The van der Waals surface area contributed by atoms with E-state index in [9.17, 15) is 9.59 Å². The number of rotatable bonds is 5. The molecule has 0 aliphatic carbocycles. The normalized spacial score (nSPS) is 11.9. The topological polar surface area (TPSA) is 77.6 Å². The van der Waals surface area contributed by atoms with E-state index < -0.39 is 5.60 Å². The SMILES string of the molecule is Cc1ccc2c(=O)n(CCN(C)CC(=O)OC(C)(C)C)ccc2c1N. The second-order valence-corrected chi connectivity index (χ2v) is 7.40. The summed E-state index contributed by atoms with van der Waals surface area (Å²) in [6.07, 6.45) is 1.75. The molecule has 0 unspecified atom stereocenters. The van der Waals surface area contributed by atoms with E-state index in [2.05, 4.69) is 0 Å². The molecule has 1 aromatic heterocycles. The van der Waals surface area contributed by atoms with Gasteiger partial charge in [0.25, 0.3) is 5.56 Å². The number of likely N-dealkylation sites (N-methyl/N-ethyl adjacent to an activating group) is 1. The molecule has 25 heavy (non-hydrogen) atoms. The monoisotopic (exact) mass is 345 g/mol. The highest BCUT2D eigenvalue weighted by molar-refractivity contribution is 5.93. The molecule has 0 bridgehead atoms. The number of esters is 1. The third-order valence-electron chi connectivity index (χ3n) is 3.96. The molecule has 1 aromatic carbocycles. The predicted octanol–water partition coefficient (Wildman–Crippen LogP) is 2.17. The molecular formula is C19H27N3O3. The molecule has 0 fully saturated rings. The number of nitrogen functional groups attached to an aromatic ring is 1. The quantitative estimate of drug-likeness (QED) is 0.664. The van der Waals surface area contributed by atoms with Crippen molar-refractivity contribution in [1.82, 2.24) is 9.47 Å². The Labute approximate surface area is 148 Å². The highest BCUT2D eigenvalue weighted by atomic mass is 16.6.